The van der Waals surface area contributed by atoms with Gasteiger partial charge in [0.2, 0.25) is 0 Å². The van der Waals surface area contributed by atoms with Crippen molar-refractivity contribution in [2.45, 2.75) is 18.3 Å². The third kappa shape index (κ3) is 3.04. The minimum atomic E-state index is -1.01. The van der Waals surface area contributed by atoms with Crippen molar-refractivity contribution in [3.8, 4) is 5.75 Å². The van der Waals surface area contributed by atoms with Crippen molar-refractivity contribution >= 4 is 5.97 Å². The molecule has 1 fully saturated rings. The third-order valence-electron chi connectivity index (χ3n) is 3.00. The molecule has 0 saturated carbocycles. The van der Waals surface area contributed by atoms with Crippen LogP contribution in [0.15, 0.2) is 24.3 Å². The van der Waals surface area contributed by atoms with Gasteiger partial charge in [-0.3, -0.25) is 0 Å². The summed E-state index contributed by atoms with van der Waals surface area (Å²) in [6, 6.07) is 6.45. The van der Waals surface area contributed by atoms with Gasteiger partial charge in [-0.15, -0.1) is 0 Å². The smallest absolute Gasteiger partial charge is 0.338 e. The van der Waals surface area contributed by atoms with E-state index in [0.717, 1.165) is 0 Å². The number of rotatable bonds is 4. The Balaban J connectivity index is 1.97. The average Bonchev–Trinajstić information content (AvgIpc) is 2.79. The van der Waals surface area contributed by atoms with E-state index in [1.54, 1.807) is 24.3 Å². The molecule has 1 aliphatic rings. The Morgan fingerprint density at radius 2 is 2.11 bits per heavy atom. The maximum atomic E-state index is 11.8. The Labute approximate surface area is 110 Å². The minimum absolute atomic E-state index is 0.0777. The van der Waals surface area contributed by atoms with Crippen molar-refractivity contribution < 1.29 is 29.2 Å². The maximum absolute atomic E-state index is 11.8. The number of hydrogen-bond acceptors (Lipinski definition) is 6. The normalized spacial score (nSPS) is 26.2. The molecule has 2 N–H and O–H groups in total. The molecule has 2 rings (SSSR count). The monoisotopic (exact) mass is 268 g/mol. The Morgan fingerprint density at radius 3 is 2.63 bits per heavy atom. The van der Waals surface area contributed by atoms with E-state index in [1.807, 2.05) is 0 Å². The van der Waals surface area contributed by atoms with Crippen LogP contribution in [-0.2, 0) is 9.47 Å². The summed E-state index contributed by atoms with van der Waals surface area (Å²) in [5.41, 5.74) is 0.362. The first-order chi connectivity index (χ1) is 9.15. The van der Waals surface area contributed by atoms with Crippen LogP contribution in [0, 0.1) is 0 Å². The third-order valence-corrected chi connectivity index (χ3v) is 3.00. The summed E-state index contributed by atoms with van der Waals surface area (Å²) < 4.78 is 15.2. The molecular formula is C13H16O6. The number of methoxy groups -OCH3 is 1. The molecular weight excluding hydrogens is 252 g/mol. The number of hydrogen-bond donors (Lipinski definition) is 2. The molecule has 0 radical (unpaired) electrons. The molecule has 6 heteroatoms. The van der Waals surface area contributed by atoms with Gasteiger partial charge < -0.3 is 24.4 Å². The second kappa shape index (κ2) is 6.01. The second-order valence-corrected chi connectivity index (χ2v) is 4.22. The van der Waals surface area contributed by atoms with Crippen molar-refractivity contribution in [1.29, 1.82) is 0 Å². The van der Waals surface area contributed by atoms with Crippen LogP contribution < -0.4 is 4.74 Å². The Hall–Kier alpha value is -1.63. The molecule has 3 atom stereocenters. The lowest BCUT2D eigenvalue weighted by molar-refractivity contribution is -0.0174. The number of carbonyl (C=O) groups excluding carboxylic acids is 1. The molecule has 0 aliphatic carbocycles. The van der Waals surface area contributed by atoms with E-state index in [9.17, 15) is 9.90 Å². The molecule has 1 aromatic rings. The fourth-order valence-corrected chi connectivity index (χ4v) is 1.85. The standard InChI is InChI=1S/C13H16O6/c1-17-9-4-2-8(3-5-9)13(16)19-11-7-18-10(6-14)12(11)15/h2-5,10-12,14-15H,6-7H2,1H3. The predicted octanol–water partition coefficient (Wildman–Crippen LogP) is -0.0274. The van der Waals surface area contributed by atoms with Gasteiger partial charge >= 0.3 is 5.97 Å². The Bertz CT molecular complexity index is 429. The number of ether oxygens (including phenoxy) is 3. The number of esters is 1. The van der Waals surface area contributed by atoms with Crippen molar-refractivity contribution in [2.24, 2.45) is 0 Å². The fraction of sp³-hybridized carbons (Fsp3) is 0.462. The zero-order chi connectivity index (χ0) is 13.8. The largest absolute Gasteiger partial charge is 0.497 e. The first-order valence-electron chi connectivity index (χ1n) is 5.91. The van der Waals surface area contributed by atoms with Gasteiger partial charge in [0.15, 0.2) is 6.10 Å². The zero-order valence-corrected chi connectivity index (χ0v) is 10.5. The van der Waals surface area contributed by atoms with Crippen LogP contribution in [0.3, 0.4) is 0 Å². The van der Waals surface area contributed by atoms with E-state index < -0.39 is 24.3 Å². The van der Waals surface area contributed by atoms with Crippen LogP contribution in [0.2, 0.25) is 0 Å². The molecule has 1 aliphatic heterocycles. The van der Waals surface area contributed by atoms with Crippen molar-refractivity contribution in [2.75, 3.05) is 20.3 Å². The van der Waals surface area contributed by atoms with Crippen LogP contribution in [0.4, 0.5) is 0 Å². The molecule has 3 unspecified atom stereocenters. The first-order valence-corrected chi connectivity index (χ1v) is 5.91. The lowest BCUT2D eigenvalue weighted by atomic mass is 10.1. The number of aliphatic hydroxyl groups excluding tert-OH is 2. The van der Waals surface area contributed by atoms with Crippen LogP contribution >= 0.6 is 0 Å². The summed E-state index contributed by atoms with van der Waals surface area (Å²) in [6.45, 7) is -0.230. The summed E-state index contributed by atoms with van der Waals surface area (Å²) in [6.07, 6.45) is -2.47. The van der Waals surface area contributed by atoms with Crippen LogP contribution in [0.1, 0.15) is 10.4 Å². The van der Waals surface area contributed by atoms with E-state index in [-0.39, 0.29) is 13.2 Å². The molecule has 1 aromatic carbocycles. The van der Waals surface area contributed by atoms with Gasteiger partial charge in [0.25, 0.3) is 0 Å². The van der Waals surface area contributed by atoms with Crippen molar-refractivity contribution in [3.05, 3.63) is 29.8 Å². The topological polar surface area (TPSA) is 85.2 Å². The lowest BCUT2D eigenvalue weighted by Crippen LogP contribution is -2.35. The van der Waals surface area contributed by atoms with Gasteiger partial charge in [-0.05, 0) is 24.3 Å². The highest BCUT2D eigenvalue weighted by Gasteiger charge is 2.38. The highest BCUT2D eigenvalue weighted by atomic mass is 16.6. The van der Waals surface area contributed by atoms with E-state index in [4.69, 9.17) is 19.3 Å². The van der Waals surface area contributed by atoms with E-state index >= 15 is 0 Å². The molecule has 0 aromatic heterocycles. The predicted molar refractivity (Wildman–Crippen MR) is 65.0 cm³/mol. The Morgan fingerprint density at radius 1 is 1.42 bits per heavy atom. The Kier molecular flexibility index (Phi) is 4.36. The SMILES string of the molecule is COc1ccc(C(=O)OC2COC(CO)C2O)cc1. The van der Waals surface area contributed by atoms with Gasteiger partial charge in [-0.1, -0.05) is 0 Å². The summed E-state index contributed by atoms with van der Waals surface area (Å²) in [7, 11) is 1.54. The summed E-state index contributed by atoms with van der Waals surface area (Å²) >= 11 is 0. The van der Waals surface area contributed by atoms with Gasteiger partial charge in [-0.2, -0.15) is 0 Å². The quantitative estimate of drug-likeness (QED) is 0.746. The first kappa shape index (κ1) is 13.8. The number of carbonyl (C=O) groups is 1. The average molecular weight is 268 g/mol. The van der Waals surface area contributed by atoms with Crippen LogP contribution in [0.25, 0.3) is 0 Å². The van der Waals surface area contributed by atoms with Gasteiger partial charge in [0, 0.05) is 0 Å². The molecule has 1 heterocycles. The molecule has 1 saturated heterocycles. The zero-order valence-electron chi connectivity index (χ0n) is 10.5. The molecule has 0 spiro atoms. The fourth-order valence-electron chi connectivity index (χ4n) is 1.85. The van der Waals surface area contributed by atoms with Crippen LogP contribution in [-0.4, -0.2) is 54.8 Å². The van der Waals surface area contributed by atoms with E-state index in [2.05, 4.69) is 0 Å². The number of aliphatic hydroxyl groups is 2. The van der Waals surface area contributed by atoms with Gasteiger partial charge in [0.05, 0.1) is 25.9 Å². The summed E-state index contributed by atoms with van der Waals surface area (Å²) in [4.78, 5) is 11.8. The van der Waals surface area contributed by atoms with Crippen molar-refractivity contribution in [3.63, 3.8) is 0 Å². The van der Waals surface area contributed by atoms with Crippen molar-refractivity contribution in [1.82, 2.24) is 0 Å². The highest BCUT2D eigenvalue weighted by molar-refractivity contribution is 5.89. The molecule has 0 bridgehead atoms. The van der Waals surface area contributed by atoms with E-state index in [0.29, 0.717) is 11.3 Å². The summed E-state index contributed by atoms with van der Waals surface area (Å²) in [5, 5.41) is 18.7. The van der Waals surface area contributed by atoms with Gasteiger partial charge in [-0.25, -0.2) is 4.79 Å². The van der Waals surface area contributed by atoms with E-state index in [1.165, 1.54) is 7.11 Å². The van der Waals surface area contributed by atoms with Crippen LogP contribution in [0.5, 0.6) is 5.75 Å². The minimum Gasteiger partial charge on any atom is -0.497 e. The lowest BCUT2D eigenvalue weighted by Gasteiger charge is -2.16. The molecule has 6 nitrogen and oxygen atoms in total. The molecule has 0 amide bonds. The number of benzene rings is 1. The molecule has 19 heavy (non-hydrogen) atoms. The van der Waals surface area contributed by atoms with Gasteiger partial charge in [0.1, 0.15) is 18.0 Å². The maximum Gasteiger partial charge on any atom is 0.338 e. The second-order valence-electron chi connectivity index (χ2n) is 4.22. The summed E-state index contributed by atoms with van der Waals surface area (Å²) in [5.74, 6) is 0.0926. The molecule has 104 valence electrons. The highest BCUT2D eigenvalue weighted by Crippen LogP contribution is 2.19.